The van der Waals surface area contributed by atoms with E-state index in [4.69, 9.17) is 19.9 Å². The van der Waals surface area contributed by atoms with E-state index in [0.29, 0.717) is 17.5 Å². The number of para-hydroxylation sites is 1. The van der Waals surface area contributed by atoms with E-state index >= 15 is 0 Å². The summed E-state index contributed by atoms with van der Waals surface area (Å²) in [6.45, 7) is 0. The van der Waals surface area contributed by atoms with Gasteiger partial charge in [0.15, 0.2) is 17.5 Å². The van der Waals surface area contributed by atoms with Crippen LogP contribution >= 0.6 is 0 Å². The fourth-order valence-corrected chi connectivity index (χ4v) is 10.1. The van der Waals surface area contributed by atoms with E-state index in [0.717, 1.165) is 77.3 Å². The minimum atomic E-state index is 0.606. The zero-order chi connectivity index (χ0) is 43.6. The number of hydrogen-bond acceptors (Lipinski definition) is 4. The van der Waals surface area contributed by atoms with Crippen LogP contribution in [0.15, 0.2) is 231 Å². The fraction of sp³-hybridized carbons (Fsp3) is 0. The Balaban J connectivity index is 1.10. The van der Waals surface area contributed by atoms with Crippen LogP contribution in [0.3, 0.4) is 0 Å². The first kappa shape index (κ1) is 37.7. The molecule has 2 aromatic heterocycles. The minimum Gasteiger partial charge on any atom is -0.247 e. The lowest BCUT2D eigenvalue weighted by molar-refractivity contribution is 1.07. The molecule has 4 heteroatoms. The van der Waals surface area contributed by atoms with Gasteiger partial charge < -0.3 is 0 Å². The molecule has 0 saturated heterocycles. The van der Waals surface area contributed by atoms with Crippen molar-refractivity contribution in [2.24, 2.45) is 0 Å². The highest BCUT2D eigenvalue weighted by Crippen LogP contribution is 2.44. The average Bonchev–Trinajstić information content (AvgIpc) is 3.40. The zero-order valence-corrected chi connectivity index (χ0v) is 35.7. The molecule has 306 valence electrons. The van der Waals surface area contributed by atoms with Crippen LogP contribution in [-0.2, 0) is 0 Å². The van der Waals surface area contributed by atoms with E-state index in [1.165, 1.54) is 37.7 Å². The van der Waals surface area contributed by atoms with Gasteiger partial charge in [-0.25, -0.2) is 19.9 Å². The fourth-order valence-electron chi connectivity index (χ4n) is 10.1. The van der Waals surface area contributed by atoms with Crippen LogP contribution < -0.4 is 0 Å². The molecule has 13 aromatic rings. The van der Waals surface area contributed by atoms with Gasteiger partial charge in [0.05, 0.1) is 11.2 Å². The third-order valence-corrected chi connectivity index (χ3v) is 13.1. The van der Waals surface area contributed by atoms with Crippen molar-refractivity contribution in [3.63, 3.8) is 0 Å². The van der Waals surface area contributed by atoms with Crippen molar-refractivity contribution >= 4 is 64.8 Å². The normalized spacial score (nSPS) is 11.6. The van der Waals surface area contributed by atoms with Gasteiger partial charge in [-0.05, 0) is 95.0 Å². The van der Waals surface area contributed by atoms with Crippen molar-refractivity contribution in [1.82, 2.24) is 19.9 Å². The monoisotopic (exact) mass is 838 g/mol. The lowest BCUT2D eigenvalue weighted by Gasteiger charge is -2.17. The van der Waals surface area contributed by atoms with Crippen molar-refractivity contribution in [2.75, 3.05) is 0 Å². The molecule has 4 nitrogen and oxygen atoms in total. The van der Waals surface area contributed by atoms with Gasteiger partial charge in [-0.1, -0.05) is 206 Å². The SMILES string of the molecule is c1ccc(-c2nc(-c3ccccc3)nc(-c3cc(-c4cccc5c(-c6nc7ccccc7c7ccccc67)cccc45)cc(-c4cccc5c6ccccc6c6ccccc6c45)c3)n2)cc1. The molecule has 13 rings (SSSR count). The van der Waals surface area contributed by atoms with Crippen LogP contribution in [0.25, 0.3) is 132 Å². The molecule has 0 fully saturated rings. The van der Waals surface area contributed by atoms with Crippen LogP contribution in [-0.4, -0.2) is 19.9 Å². The molecule has 0 unspecified atom stereocenters. The van der Waals surface area contributed by atoms with Gasteiger partial charge in [-0.3, -0.25) is 0 Å². The Bertz CT molecular complexity index is 3950. The van der Waals surface area contributed by atoms with Crippen molar-refractivity contribution in [2.45, 2.75) is 0 Å². The van der Waals surface area contributed by atoms with Crippen molar-refractivity contribution < 1.29 is 0 Å². The second-order valence-corrected chi connectivity index (χ2v) is 16.9. The summed E-state index contributed by atoms with van der Waals surface area (Å²) >= 11 is 0. The number of hydrogen-bond donors (Lipinski definition) is 0. The molecule has 66 heavy (non-hydrogen) atoms. The average molecular weight is 839 g/mol. The van der Waals surface area contributed by atoms with E-state index in [1.807, 2.05) is 36.4 Å². The molecule has 0 saturated carbocycles. The second-order valence-electron chi connectivity index (χ2n) is 16.9. The predicted octanol–water partition coefficient (Wildman–Crippen LogP) is 16.2. The van der Waals surface area contributed by atoms with Crippen LogP contribution in [0.4, 0.5) is 0 Å². The lowest BCUT2D eigenvalue weighted by atomic mass is 9.87. The lowest BCUT2D eigenvalue weighted by Crippen LogP contribution is -2.00. The summed E-state index contributed by atoms with van der Waals surface area (Å²) in [5.74, 6) is 1.85. The second kappa shape index (κ2) is 15.4. The summed E-state index contributed by atoms with van der Waals surface area (Å²) in [7, 11) is 0. The summed E-state index contributed by atoms with van der Waals surface area (Å²) in [5, 5.41) is 13.1. The number of nitrogens with zero attached hydrogens (tertiary/aromatic N) is 4. The highest BCUT2D eigenvalue weighted by molar-refractivity contribution is 6.28. The van der Waals surface area contributed by atoms with Gasteiger partial charge >= 0.3 is 0 Å². The maximum Gasteiger partial charge on any atom is 0.164 e. The first-order valence-electron chi connectivity index (χ1n) is 22.4. The Labute approximate surface area is 381 Å². The highest BCUT2D eigenvalue weighted by Gasteiger charge is 2.20. The molecule has 0 spiro atoms. The van der Waals surface area contributed by atoms with Crippen molar-refractivity contribution in [3.05, 3.63) is 231 Å². The molecule has 0 aliphatic heterocycles. The largest absolute Gasteiger partial charge is 0.247 e. The van der Waals surface area contributed by atoms with Crippen molar-refractivity contribution in [3.8, 4) is 67.7 Å². The molecular weight excluding hydrogens is 801 g/mol. The molecule has 0 atom stereocenters. The van der Waals surface area contributed by atoms with E-state index in [2.05, 4.69) is 194 Å². The highest BCUT2D eigenvalue weighted by atomic mass is 15.0. The predicted molar refractivity (Wildman–Crippen MR) is 275 cm³/mol. The molecule has 0 radical (unpaired) electrons. The summed E-state index contributed by atoms with van der Waals surface area (Å²) in [6, 6.07) is 81.9. The van der Waals surface area contributed by atoms with Gasteiger partial charge in [0.25, 0.3) is 0 Å². The minimum absolute atomic E-state index is 0.606. The summed E-state index contributed by atoms with van der Waals surface area (Å²) in [6.07, 6.45) is 0. The zero-order valence-electron chi connectivity index (χ0n) is 35.7. The number of rotatable bonds is 6. The smallest absolute Gasteiger partial charge is 0.164 e. The Morgan fingerprint density at radius 3 is 1.20 bits per heavy atom. The third-order valence-electron chi connectivity index (χ3n) is 13.1. The maximum atomic E-state index is 5.35. The number of aromatic nitrogens is 4. The third kappa shape index (κ3) is 6.22. The molecule has 0 aliphatic rings. The van der Waals surface area contributed by atoms with E-state index in [1.54, 1.807) is 0 Å². The van der Waals surface area contributed by atoms with Crippen LogP contribution in [0.1, 0.15) is 0 Å². The Morgan fingerprint density at radius 2 is 0.591 bits per heavy atom. The summed E-state index contributed by atoms with van der Waals surface area (Å²) in [4.78, 5) is 20.9. The standard InChI is InChI=1S/C62H38N4/c1-3-18-39(19-4-1)60-64-61(40-20-5-2-6-21-40)66-62(65-60)43-37-41(36-42(38-43)45-30-16-33-54-49-23-8-7-22-47(49)48-24-9-11-27-53(48)58(45)54)44-29-15-32-50-46(44)31-17-34-56(50)59-55-28-12-10-25-51(55)52-26-13-14-35-57(52)63-59/h1-38H. The topological polar surface area (TPSA) is 51.6 Å². The molecular formula is C62H38N4. The number of benzene rings is 11. The van der Waals surface area contributed by atoms with Gasteiger partial charge in [-0.15, -0.1) is 0 Å². The molecule has 0 N–H and O–H groups in total. The maximum absolute atomic E-state index is 5.35. The van der Waals surface area contributed by atoms with E-state index in [-0.39, 0.29) is 0 Å². The quantitative estimate of drug-likeness (QED) is 0.157. The molecule has 11 aromatic carbocycles. The molecule has 0 aliphatic carbocycles. The first-order valence-corrected chi connectivity index (χ1v) is 22.4. The van der Waals surface area contributed by atoms with Gasteiger partial charge in [-0.2, -0.15) is 0 Å². The molecule has 0 amide bonds. The Hall–Kier alpha value is -8.86. The number of pyridine rings is 1. The summed E-state index contributed by atoms with van der Waals surface area (Å²) in [5.41, 5.74) is 10.2. The summed E-state index contributed by atoms with van der Waals surface area (Å²) < 4.78 is 0. The Morgan fingerprint density at radius 1 is 0.212 bits per heavy atom. The van der Waals surface area contributed by atoms with E-state index < -0.39 is 0 Å². The van der Waals surface area contributed by atoms with Crippen molar-refractivity contribution in [1.29, 1.82) is 0 Å². The Kier molecular flexibility index (Phi) is 8.81. The van der Waals surface area contributed by atoms with E-state index in [9.17, 15) is 0 Å². The molecule has 2 heterocycles. The first-order chi connectivity index (χ1) is 32.7. The van der Waals surface area contributed by atoms with Crippen LogP contribution in [0.5, 0.6) is 0 Å². The van der Waals surface area contributed by atoms with Gasteiger partial charge in [0.2, 0.25) is 0 Å². The van der Waals surface area contributed by atoms with Gasteiger partial charge in [0, 0.05) is 33.0 Å². The van der Waals surface area contributed by atoms with Gasteiger partial charge in [0.1, 0.15) is 0 Å². The molecule has 0 bridgehead atoms. The van der Waals surface area contributed by atoms with Crippen LogP contribution in [0, 0.1) is 0 Å². The van der Waals surface area contributed by atoms with Crippen LogP contribution in [0.2, 0.25) is 0 Å². The number of fused-ring (bicyclic) bond motifs is 10.